The SMILES string of the molecule is COc1ccc(CCNC(=O)S)cc1Br. The van der Waals surface area contributed by atoms with Gasteiger partial charge in [-0.2, -0.15) is 0 Å². The van der Waals surface area contributed by atoms with Crippen LogP contribution in [0.5, 0.6) is 5.75 Å². The summed E-state index contributed by atoms with van der Waals surface area (Å²) in [6.07, 6.45) is 0.773. The van der Waals surface area contributed by atoms with Crippen molar-refractivity contribution < 1.29 is 9.53 Å². The van der Waals surface area contributed by atoms with Crippen LogP contribution in [0.25, 0.3) is 0 Å². The molecule has 1 amide bonds. The summed E-state index contributed by atoms with van der Waals surface area (Å²) in [6.45, 7) is 0.584. The predicted molar refractivity (Wildman–Crippen MR) is 66.8 cm³/mol. The van der Waals surface area contributed by atoms with Gasteiger partial charge in [-0.3, -0.25) is 4.79 Å². The minimum Gasteiger partial charge on any atom is -0.496 e. The molecule has 1 rings (SSSR count). The first-order valence-corrected chi connectivity index (χ1v) is 5.66. The summed E-state index contributed by atoms with van der Waals surface area (Å²) in [5, 5.41) is 2.32. The molecule has 1 aromatic rings. The van der Waals surface area contributed by atoms with E-state index in [1.165, 1.54) is 0 Å². The molecule has 0 bridgehead atoms. The number of hydrogen-bond acceptors (Lipinski definition) is 2. The van der Waals surface area contributed by atoms with Gasteiger partial charge in [-0.15, -0.1) is 0 Å². The Kier molecular flexibility index (Phi) is 4.98. The summed E-state index contributed by atoms with van der Waals surface area (Å²) in [5.74, 6) is 0.803. The lowest BCUT2D eigenvalue weighted by Crippen LogP contribution is -2.19. The topological polar surface area (TPSA) is 38.3 Å². The monoisotopic (exact) mass is 289 g/mol. The molecule has 0 aliphatic rings. The molecular weight excluding hydrogens is 278 g/mol. The lowest BCUT2D eigenvalue weighted by atomic mass is 10.1. The molecule has 5 heteroatoms. The van der Waals surface area contributed by atoms with Crippen molar-refractivity contribution in [3.8, 4) is 5.75 Å². The summed E-state index contributed by atoms with van der Waals surface area (Å²) >= 11 is 7.02. The number of methoxy groups -OCH3 is 1. The van der Waals surface area contributed by atoms with Crippen molar-refractivity contribution in [2.45, 2.75) is 6.42 Å². The average molecular weight is 290 g/mol. The molecule has 0 spiro atoms. The van der Waals surface area contributed by atoms with Crippen molar-refractivity contribution in [2.24, 2.45) is 0 Å². The van der Waals surface area contributed by atoms with Crippen LogP contribution >= 0.6 is 28.6 Å². The largest absolute Gasteiger partial charge is 0.496 e. The van der Waals surface area contributed by atoms with E-state index in [9.17, 15) is 4.79 Å². The Morgan fingerprint density at radius 1 is 1.60 bits per heavy atom. The normalized spacial score (nSPS) is 9.80. The standard InChI is InChI=1S/C10H12BrNO2S/c1-14-9-3-2-7(6-8(9)11)4-5-12-10(13)15/h2-3,6H,4-5H2,1H3,(H2,12,13,15). The van der Waals surface area contributed by atoms with E-state index in [0.29, 0.717) is 6.54 Å². The molecule has 0 unspecified atom stereocenters. The van der Waals surface area contributed by atoms with E-state index in [0.717, 1.165) is 22.2 Å². The summed E-state index contributed by atoms with van der Waals surface area (Å²) in [6, 6.07) is 5.83. The number of benzene rings is 1. The second kappa shape index (κ2) is 6.02. The molecule has 0 aliphatic heterocycles. The molecule has 1 N–H and O–H groups in total. The minimum absolute atomic E-state index is 0.303. The Morgan fingerprint density at radius 2 is 2.33 bits per heavy atom. The summed E-state index contributed by atoms with van der Waals surface area (Å²) in [7, 11) is 1.63. The Bertz CT molecular complexity index is 357. The predicted octanol–water partition coefficient (Wildman–Crippen LogP) is 2.64. The van der Waals surface area contributed by atoms with Crippen LogP contribution in [0.3, 0.4) is 0 Å². The maximum absolute atomic E-state index is 10.5. The molecule has 0 saturated heterocycles. The lowest BCUT2D eigenvalue weighted by Gasteiger charge is -2.06. The zero-order valence-corrected chi connectivity index (χ0v) is 10.8. The number of carbonyl (C=O) groups is 1. The van der Waals surface area contributed by atoms with Crippen LogP contribution in [0.2, 0.25) is 0 Å². The third kappa shape index (κ3) is 4.13. The maximum atomic E-state index is 10.5. The van der Waals surface area contributed by atoms with Gasteiger partial charge in [0.15, 0.2) is 0 Å². The maximum Gasteiger partial charge on any atom is 0.275 e. The van der Waals surface area contributed by atoms with Crippen LogP contribution in [0.1, 0.15) is 5.56 Å². The van der Waals surface area contributed by atoms with Crippen LogP contribution in [-0.2, 0) is 6.42 Å². The van der Waals surface area contributed by atoms with Crippen LogP contribution in [0.15, 0.2) is 22.7 Å². The van der Waals surface area contributed by atoms with Gasteiger partial charge in [0.25, 0.3) is 5.24 Å². The zero-order valence-electron chi connectivity index (χ0n) is 8.29. The molecule has 3 nitrogen and oxygen atoms in total. The third-order valence-corrected chi connectivity index (χ3v) is 2.68. The molecule has 1 aromatic carbocycles. The van der Waals surface area contributed by atoms with Crippen molar-refractivity contribution >= 4 is 33.8 Å². The summed E-state index contributed by atoms with van der Waals surface area (Å²) in [4.78, 5) is 10.5. The fourth-order valence-corrected chi connectivity index (χ4v) is 1.88. The fraction of sp³-hybridized carbons (Fsp3) is 0.300. The van der Waals surface area contributed by atoms with Crippen molar-refractivity contribution in [3.63, 3.8) is 0 Å². The van der Waals surface area contributed by atoms with Crippen molar-refractivity contribution in [2.75, 3.05) is 13.7 Å². The summed E-state index contributed by atoms with van der Waals surface area (Å²) < 4.78 is 6.03. The molecule has 82 valence electrons. The minimum atomic E-state index is -0.303. The molecule has 0 aliphatic carbocycles. The van der Waals surface area contributed by atoms with Crippen LogP contribution < -0.4 is 10.1 Å². The number of halogens is 1. The van der Waals surface area contributed by atoms with Crippen LogP contribution in [0.4, 0.5) is 4.79 Å². The Labute approximate surface area is 103 Å². The first kappa shape index (κ1) is 12.4. The van der Waals surface area contributed by atoms with E-state index < -0.39 is 0 Å². The molecule has 0 radical (unpaired) electrons. The number of nitrogens with one attached hydrogen (secondary N) is 1. The fourth-order valence-electron chi connectivity index (χ4n) is 1.18. The van der Waals surface area contributed by atoms with Crippen LogP contribution in [0, 0.1) is 0 Å². The van der Waals surface area contributed by atoms with E-state index >= 15 is 0 Å². The first-order valence-electron chi connectivity index (χ1n) is 4.42. The van der Waals surface area contributed by atoms with Gasteiger partial charge in [0, 0.05) is 6.54 Å². The highest BCUT2D eigenvalue weighted by Crippen LogP contribution is 2.25. The highest BCUT2D eigenvalue weighted by Gasteiger charge is 2.01. The molecule has 0 fully saturated rings. The second-order valence-electron chi connectivity index (χ2n) is 2.95. The zero-order chi connectivity index (χ0) is 11.3. The molecule has 0 saturated carbocycles. The lowest BCUT2D eigenvalue weighted by molar-refractivity contribution is 0.261. The number of carbonyl (C=O) groups excluding carboxylic acids is 1. The van der Waals surface area contributed by atoms with E-state index in [1.54, 1.807) is 7.11 Å². The Morgan fingerprint density at radius 3 is 2.87 bits per heavy atom. The molecule has 0 aromatic heterocycles. The highest BCUT2D eigenvalue weighted by atomic mass is 79.9. The van der Waals surface area contributed by atoms with E-state index in [4.69, 9.17) is 4.74 Å². The number of amides is 1. The van der Waals surface area contributed by atoms with Gasteiger partial charge in [-0.05, 0) is 40.0 Å². The van der Waals surface area contributed by atoms with E-state index in [2.05, 4.69) is 33.9 Å². The quantitative estimate of drug-likeness (QED) is 0.837. The van der Waals surface area contributed by atoms with Crippen molar-refractivity contribution in [3.05, 3.63) is 28.2 Å². The third-order valence-electron chi connectivity index (χ3n) is 1.91. The Hall–Kier alpha value is -0.680. The molecule has 0 atom stereocenters. The average Bonchev–Trinajstić information content (AvgIpc) is 2.17. The first-order chi connectivity index (χ1) is 7.13. The van der Waals surface area contributed by atoms with Crippen molar-refractivity contribution in [1.82, 2.24) is 5.32 Å². The number of rotatable bonds is 4. The van der Waals surface area contributed by atoms with E-state index in [1.807, 2.05) is 18.2 Å². The van der Waals surface area contributed by atoms with Crippen LogP contribution in [-0.4, -0.2) is 18.9 Å². The molecular formula is C10H12BrNO2S. The number of thiol groups is 1. The summed E-state index contributed by atoms with van der Waals surface area (Å²) in [5.41, 5.74) is 1.13. The smallest absolute Gasteiger partial charge is 0.275 e. The van der Waals surface area contributed by atoms with Gasteiger partial charge in [0.1, 0.15) is 5.75 Å². The van der Waals surface area contributed by atoms with Gasteiger partial charge in [0.2, 0.25) is 0 Å². The number of hydrogen-bond donors (Lipinski definition) is 2. The second-order valence-corrected chi connectivity index (χ2v) is 4.21. The number of ether oxygens (including phenoxy) is 1. The van der Waals surface area contributed by atoms with Gasteiger partial charge < -0.3 is 10.1 Å². The highest BCUT2D eigenvalue weighted by molar-refractivity contribution is 9.10. The van der Waals surface area contributed by atoms with Crippen molar-refractivity contribution in [1.29, 1.82) is 0 Å². The molecule has 0 heterocycles. The van der Waals surface area contributed by atoms with Gasteiger partial charge in [-0.1, -0.05) is 18.7 Å². The van der Waals surface area contributed by atoms with E-state index in [-0.39, 0.29) is 5.24 Å². The van der Waals surface area contributed by atoms with Gasteiger partial charge in [-0.25, -0.2) is 0 Å². The van der Waals surface area contributed by atoms with Gasteiger partial charge >= 0.3 is 0 Å². The van der Waals surface area contributed by atoms with Gasteiger partial charge in [0.05, 0.1) is 11.6 Å². The molecule has 15 heavy (non-hydrogen) atoms. The Balaban J connectivity index is 2.55.